The van der Waals surface area contributed by atoms with Crippen LogP contribution in [0.1, 0.15) is 25.7 Å². The number of carbonyl (C=O) groups excluding carboxylic acids is 3. The van der Waals surface area contributed by atoms with Gasteiger partial charge in [0.15, 0.2) is 0 Å². The molecule has 0 spiro atoms. The van der Waals surface area contributed by atoms with Gasteiger partial charge in [-0.15, -0.1) is 6.58 Å². The molecule has 3 atom stereocenters. The summed E-state index contributed by atoms with van der Waals surface area (Å²) in [6, 6.07) is 11.8. The number of rotatable bonds is 10. The summed E-state index contributed by atoms with van der Waals surface area (Å²) in [5.74, 6) is -1.99. The van der Waals surface area contributed by atoms with E-state index in [9.17, 15) is 24.6 Å². The molecule has 33 heavy (non-hydrogen) atoms. The Labute approximate surface area is 193 Å². The molecule has 1 heterocycles. The van der Waals surface area contributed by atoms with Crippen molar-refractivity contribution < 1.29 is 24.6 Å². The quantitative estimate of drug-likeness (QED) is 0.409. The third-order valence-corrected chi connectivity index (χ3v) is 5.98. The molecule has 0 unspecified atom stereocenters. The molecule has 3 rings (SSSR count). The van der Waals surface area contributed by atoms with Gasteiger partial charge in [0.05, 0.1) is 25.2 Å². The lowest BCUT2D eigenvalue weighted by molar-refractivity contribution is -0.138. The molecule has 8 heteroatoms. The molecule has 2 aromatic rings. The van der Waals surface area contributed by atoms with Crippen LogP contribution >= 0.6 is 0 Å². The van der Waals surface area contributed by atoms with Crippen molar-refractivity contribution in [3.05, 3.63) is 55.1 Å². The van der Waals surface area contributed by atoms with E-state index >= 15 is 0 Å². The van der Waals surface area contributed by atoms with Crippen LogP contribution in [-0.2, 0) is 14.4 Å². The zero-order valence-electron chi connectivity index (χ0n) is 18.6. The van der Waals surface area contributed by atoms with Crippen LogP contribution in [0.15, 0.2) is 55.1 Å². The first kappa shape index (κ1) is 24.4. The molecule has 2 aromatic carbocycles. The van der Waals surface area contributed by atoms with E-state index in [1.165, 1.54) is 0 Å². The van der Waals surface area contributed by atoms with Gasteiger partial charge < -0.3 is 25.7 Å². The highest BCUT2D eigenvalue weighted by molar-refractivity contribution is 5.99. The van der Waals surface area contributed by atoms with Crippen LogP contribution in [-0.4, -0.2) is 64.7 Å². The molecule has 0 saturated carbocycles. The third kappa shape index (κ3) is 6.18. The molecule has 1 fully saturated rings. The van der Waals surface area contributed by atoms with Crippen molar-refractivity contribution in [2.45, 2.75) is 37.8 Å². The summed E-state index contributed by atoms with van der Waals surface area (Å²) in [5.41, 5.74) is 0.549. The minimum Gasteiger partial charge on any atom is -0.394 e. The van der Waals surface area contributed by atoms with Crippen molar-refractivity contribution in [1.29, 1.82) is 0 Å². The van der Waals surface area contributed by atoms with Gasteiger partial charge >= 0.3 is 0 Å². The van der Waals surface area contributed by atoms with E-state index in [0.29, 0.717) is 12.2 Å². The van der Waals surface area contributed by atoms with Crippen molar-refractivity contribution in [1.82, 2.24) is 10.2 Å². The van der Waals surface area contributed by atoms with E-state index < -0.39 is 30.4 Å². The number of nitrogens with zero attached hydrogens (tertiary/aromatic N) is 1. The number of allylic oxidation sites excluding steroid dienone is 1. The Hall–Kier alpha value is -3.23. The van der Waals surface area contributed by atoms with E-state index in [2.05, 4.69) is 17.2 Å². The molecular formula is C25H31N3O5. The van der Waals surface area contributed by atoms with Crippen molar-refractivity contribution in [2.75, 3.05) is 25.1 Å². The molecular weight excluding hydrogens is 422 g/mol. The Kier molecular flexibility index (Phi) is 8.57. The highest BCUT2D eigenvalue weighted by Gasteiger charge is 2.32. The highest BCUT2D eigenvalue weighted by Crippen LogP contribution is 2.21. The highest BCUT2D eigenvalue weighted by atomic mass is 16.3. The van der Waals surface area contributed by atoms with Crippen molar-refractivity contribution in [3.8, 4) is 0 Å². The smallest absolute Gasteiger partial charge is 0.249 e. The number of aliphatic hydroxyl groups excluding tert-OH is 2. The zero-order chi connectivity index (χ0) is 23.8. The van der Waals surface area contributed by atoms with Crippen LogP contribution in [0.3, 0.4) is 0 Å². The SMILES string of the molecule is C=CC[C@@H](CC(=O)N1CCC[C@H]1CO)C(=O)N[C@@H](CO)C(=O)Nc1ccc2ccccc2c1. The first-order valence-electron chi connectivity index (χ1n) is 11.2. The van der Waals surface area contributed by atoms with Crippen molar-refractivity contribution >= 4 is 34.2 Å². The molecule has 0 radical (unpaired) electrons. The third-order valence-electron chi connectivity index (χ3n) is 5.98. The number of carbonyl (C=O) groups is 3. The van der Waals surface area contributed by atoms with Crippen LogP contribution < -0.4 is 10.6 Å². The van der Waals surface area contributed by atoms with Crippen LogP contribution in [0.5, 0.6) is 0 Å². The Morgan fingerprint density at radius 1 is 1.12 bits per heavy atom. The molecule has 1 aliphatic rings. The summed E-state index contributed by atoms with van der Waals surface area (Å²) in [6.45, 7) is 3.53. The van der Waals surface area contributed by atoms with Gasteiger partial charge in [0.2, 0.25) is 17.7 Å². The number of anilines is 1. The Bertz CT molecular complexity index is 1010. The van der Waals surface area contributed by atoms with E-state index in [4.69, 9.17) is 0 Å². The first-order chi connectivity index (χ1) is 16.0. The zero-order valence-corrected chi connectivity index (χ0v) is 18.6. The number of aliphatic hydroxyl groups is 2. The van der Waals surface area contributed by atoms with Crippen LogP contribution in [0.2, 0.25) is 0 Å². The van der Waals surface area contributed by atoms with E-state index in [1.807, 2.05) is 36.4 Å². The van der Waals surface area contributed by atoms with Gasteiger partial charge in [0.1, 0.15) is 6.04 Å². The fraction of sp³-hybridized carbons (Fsp3) is 0.400. The summed E-state index contributed by atoms with van der Waals surface area (Å²) >= 11 is 0. The molecule has 1 saturated heterocycles. The number of likely N-dealkylation sites (tertiary alicyclic amines) is 1. The lowest BCUT2D eigenvalue weighted by Gasteiger charge is -2.26. The molecule has 0 aliphatic carbocycles. The average molecular weight is 454 g/mol. The number of hydrogen-bond donors (Lipinski definition) is 4. The Balaban J connectivity index is 1.63. The lowest BCUT2D eigenvalue weighted by Crippen LogP contribution is -2.49. The molecule has 1 aliphatic heterocycles. The molecule has 3 amide bonds. The van der Waals surface area contributed by atoms with E-state index in [1.54, 1.807) is 17.0 Å². The Morgan fingerprint density at radius 2 is 1.88 bits per heavy atom. The van der Waals surface area contributed by atoms with Gasteiger partial charge in [-0.2, -0.15) is 0 Å². The topological polar surface area (TPSA) is 119 Å². The van der Waals surface area contributed by atoms with Crippen molar-refractivity contribution in [3.63, 3.8) is 0 Å². The predicted octanol–water partition coefficient (Wildman–Crippen LogP) is 1.82. The molecule has 4 N–H and O–H groups in total. The van der Waals surface area contributed by atoms with Gasteiger partial charge in [0.25, 0.3) is 0 Å². The Morgan fingerprint density at radius 3 is 2.58 bits per heavy atom. The summed E-state index contributed by atoms with van der Waals surface area (Å²) < 4.78 is 0. The van der Waals surface area contributed by atoms with Crippen LogP contribution in [0.25, 0.3) is 10.8 Å². The number of amides is 3. The average Bonchev–Trinajstić information content (AvgIpc) is 3.31. The largest absolute Gasteiger partial charge is 0.394 e. The van der Waals surface area contributed by atoms with E-state index in [-0.39, 0.29) is 31.4 Å². The maximum atomic E-state index is 12.9. The first-order valence-corrected chi connectivity index (χ1v) is 11.2. The van der Waals surface area contributed by atoms with Gasteiger partial charge in [-0.25, -0.2) is 0 Å². The van der Waals surface area contributed by atoms with Gasteiger partial charge in [0, 0.05) is 18.7 Å². The second-order valence-corrected chi connectivity index (χ2v) is 8.29. The monoisotopic (exact) mass is 453 g/mol. The summed E-state index contributed by atoms with van der Waals surface area (Å²) in [5, 5.41) is 26.5. The summed E-state index contributed by atoms with van der Waals surface area (Å²) in [4.78, 5) is 39.9. The summed E-state index contributed by atoms with van der Waals surface area (Å²) in [6.07, 6.45) is 3.30. The minimum atomic E-state index is -1.16. The molecule has 8 nitrogen and oxygen atoms in total. The van der Waals surface area contributed by atoms with Crippen LogP contribution in [0, 0.1) is 5.92 Å². The number of nitrogens with one attached hydrogen (secondary N) is 2. The number of fused-ring (bicyclic) bond motifs is 1. The predicted molar refractivity (Wildman–Crippen MR) is 126 cm³/mol. The molecule has 0 bridgehead atoms. The maximum Gasteiger partial charge on any atom is 0.249 e. The van der Waals surface area contributed by atoms with Crippen LogP contribution in [0.4, 0.5) is 5.69 Å². The van der Waals surface area contributed by atoms with Crippen molar-refractivity contribution in [2.24, 2.45) is 5.92 Å². The van der Waals surface area contributed by atoms with Gasteiger partial charge in [-0.3, -0.25) is 14.4 Å². The fourth-order valence-electron chi connectivity index (χ4n) is 4.15. The number of hydrogen-bond acceptors (Lipinski definition) is 5. The summed E-state index contributed by atoms with van der Waals surface area (Å²) in [7, 11) is 0. The molecule has 176 valence electrons. The second kappa shape index (κ2) is 11.6. The van der Waals surface area contributed by atoms with E-state index in [0.717, 1.165) is 23.6 Å². The number of benzene rings is 2. The molecule has 0 aromatic heterocycles. The standard InChI is InChI=1S/C25H31N3O5/c1-2-6-19(14-23(31)28-12-5-9-21(28)15-29)24(32)27-22(16-30)25(33)26-20-11-10-17-7-3-4-8-18(17)13-20/h2-4,7-8,10-11,13,19,21-22,29-30H,1,5-6,9,12,14-16H2,(H,26,33)(H,27,32)/t19-,21-,22-/m0/s1. The van der Waals surface area contributed by atoms with Gasteiger partial charge in [-0.05, 0) is 42.2 Å². The van der Waals surface area contributed by atoms with Gasteiger partial charge in [-0.1, -0.05) is 36.4 Å². The second-order valence-electron chi connectivity index (χ2n) is 8.29. The lowest BCUT2D eigenvalue weighted by atomic mass is 9.98. The normalized spacial score (nSPS) is 17.4. The fourth-order valence-corrected chi connectivity index (χ4v) is 4.15. The maximum absolute atomic E-state index is 12.9. The minimum absolute atomic E-state index is 0.0568.